The van der Waals surface area contributed by atoms with Gasteiger partial charge in [0.25, 0.3) is 0 Å². The molecule has 0 saturated heterocycles. The van der Waals surface area contributed by atoms with Crippen molar-refractivity contribution in [2.75, 3.05) is 7.11 Å². The smallest absolute Gasteiger partial charge is 0.342 e. The largest absolute Gasteiger partial charge is 0.497 e. The summed E-state index contributed by atoms with van der Waals surface area (Å²) in [5.41, 5.74) is 0.851. The van der Waals surface area contributed by atoms with Crippen LogP contribution in [0.4, 0.5) is 0 Å². The summed E-state index contributed by atoms with van der Waals surface area (Å²) in [4.78, 5) is 11.6. The maximum Gasteiger partial charge on any atom is 0.342 e. The molecular formula is C18H16N2O5S. The highest BCUT2D eigenvalue weighted by molar-refractivity contribution is 7.87. The maximum absolute atomic E-state index is 12.6. The van der Waals surface area contributed by atoms with E-state index < -0.39 is 10.1 Å². The molecule has 1 heterocycles. The standard InChI is InChI=1S/C18H16N2O5S/c1-13(21)17-9-8-15(24-2)10-18(17)25-26(22,23)16-11-19-20(12-16)14-6-4-3-5-7-14/h3-12H,1-2H3. The minimum absolute atomic E-state index is 0.0932. The van der Waals surface area contributed by atoms with Gasteiger partial charge in [-0.3, -0.25) is 4.79 Å². The Morgan fingerprint density at radius 2 is 1.85 bits per heavy atom. The van der Waals surface area contributed by atoms with E-state index in [4.69, 9.17) is 8.92 Å². The molecular weight excluding hydrogens is 356 g/mol. The summed E-state index contributed by atoms with van der Waals surface area (Å²) in [7, 11) is -2.74. The van der Waals surface area contributed by atoms with Gasteiger partial charge in [-0.2, -0.15) is 13.5 Å². The summed E-state index contributed by atoms with van der Waals surface area (Å²) in [5.74, 6) is -0.0395. The van der Waals surface area contributed by atoms with Crippen molar-refractivity contribution in [1.29, 1.82) is 0 Å². The van der Waals surface area contributed by atoms with Gasteiger partial charge in [-0.15, -0.1) is 0 Å². The average Bonchev–Trinajstić information content (AvgIpc) is 3.13. The van der Waals surface area contributed by atoms with Crippen molar-refractivity contribution < 1.29 is 22.1 Å². The molecule has 8 heteroatoms. The Hall–Kier alpha value is -3.13. The molecule has 0 aliphatic carbocycles. The Morgan fingerprint density at radius 3 is 2.50 bits per heavy atom. The summed E-state index contributed by atoms with van der Waals surface area (Å²) < 4.78 is 36.9. The Kier molecular flexibility index (Phi) is 4.77. The number of hydrogen-bond donors (Lipinski definition) is 0. The van der Waals surface area contributed by atoms with Crippen LogP contribution in [0.1, 0.15) is 17.3 Å². The molecule has 1 aromatic heterocycles. The fraction of sp³-hybridized carbons (Fsp3) is 0.111. The lowest BCUT2D eigenvalue weighted by Crippen LogP contribution is -2.11. The number of nitrogens with zero attached hydrogens (tertiary/aromatic N) is 2. The number of ether oxygens (including phenoxy) is 1. The number of aromatic nitrogens is 2. The van der Waals surface area contributed by atoms with Gasteiger partial charge in [0, 0.05) is 6.07 Å². The molecule has 0 saturated carbocycles. The SMILES string of the molecule is COc1ccc(C(C)=O)c(OS(=O)(=O)c2cnn(-c3ccccc3)c2)c1. The van der Waals surface area contributed by atoms with Crippen LogP contribution in [0.25, 0.3) is 5.69 Å². The van der Waals surface area contributed by atoms with Gasteiger partial charge < -0.3 is 8.92 Å². The van der Waals surface area contributed by atoms with E-state index in [2.05, 4.69) is 5.10 Å². The molecule has 0 N–H and O–H groups in total. The minimum atomic E-state index is -4.17. The van der Waals surface area contributed by atoms with Crippen LogP contribution in [-0.4, -0.2) is 31.1 Å². The Morgan fingerprint density at radius 1 is 1.12 bits per heavy atom. The second kappa shape index (κ2) is 7.01. The van der Waals surface area contributed by atoms with E-state index in [-0.39, 0.29) is 22.0 Å². The topological polar surface area (TPSA) is 87.5 Å². The highest BCUT2D eigenvalue weighted by atomic mass is 32.2. The Bertz CT molecular complexity index is 1040. The third kappa shape index (κ3) is 3.60. The quantitative estimate of drug-likeness (QED) is 0.488. The molecule has 0 spiro atoms. The van der Waals surface area contributed by atoms with E-state index in [1.807, 2.05) is 18.2 Å². The molecule has 0 aliphatic rings. The van der Waals surface area contributed by atoms with E-state index in [0.29, 0.717) is 11.4 Å². The highest BCUT2D eigenvalue weighted by Gasteiger charge is 2.22. The fourth-order valence-corrected chi connectivity index (χ4v) is 3.19. The second-order valence-corrected chi connectivity index (χ2v) is 6.96. The zero-order chi connectivity index (χ0) is 18.7. The van der Waals surface area contributed by atoms with Crippen LogP contribution in [0.15, 0.2) is 65.8 Å². The van der Waals surface area contributed by atoms with E-state index in [0.717, 1.165) is 0 Å². The minimum Gasteiger partial charge on any atom is -0.497 e. The van der Waals surface area contributed by atoms with Crippen molar-refractivity contribution in [2.45, 2.75) is 11.8 Å². The van der Waals surface area contributed by atoms with Crippen LogP contribution in [-0.2, 0) is 10.1 Å². The normalized spacial score (nSPS) is 11.2. The van der Waals surface area contributed by atoms with Crippen molar-refractivity contribution in [2.24, 2.45) is 0 Å². The van der Waals surface area contributed by atoms with E-state index >= 15 is 0 Å². The first-order valence-corrected chi connectivity index (χ1v) is 9.05. The zero-order valence-corrected chi connectivity index (χ0v) is 14.9. The van der Waals surface area contributed by atoms with Gasteiger partial charge in [-0.05, 0) is 31.2 Å². The molecule has 0 fully saturated rings. The lowest BCUT2D eigenvalue weighted by molar-refractivity contribution is 0.101. The van der Waals surface area contributed by atoms with E-state index in [1.54, 1.807) is 18.2 Å². The van der Waals surface area contributed by atoms with Crippen molar-refractivity contribution in [3.05, 3.63) is 66.5 Å². The molecule has 7 nitrogen and oxygen atoms in total. The first-order chi connectivity index (χ1) is 12.4. The molecule has 0 aliphatic heterocycles. The number of benzene rings is 2. The Balaban J connectivity index is 1.95. The number of carbonyl (C=O) groups excluding carboxylic acids is 1. The first-order valence-electron chi connectivity index (χ1n) is 7.64. The van der Waals surface area contributed by atoms with Gasteiger partial charge in [0.05, 0.1) is 30.8 Å². The number of Topliss-reactive ketones (excluding diaryl/α,β-unsaturated/α-hetero) is 1. The molecule has 134 valence electrons. The molecule has 0 unspecified atom stereocenters. The highest BCUT2D eigenvalue weighted by Crippen LogP contribution is 2.28. The van der Waals surface area contributed by atoms with Crippen LogP contribution < -0.4 is 8.92 Å². The molecule has 3 rings (SSSR count). The number of rotatable bonds is 6. The molecule has 3 aromatic rings. The van der Waals surface area contributed by atoms with E-state index in [9.17, 15) is 13.2 Å². The van der Waals surface area contributed by atoms with Gasteiger partial charge >= 0.3 is 10.1 Å². The number of para-hydroxylation sites is 1. The molecule has 0 radical (unpaired) electrons. The second-order valence-electron chi connectivity index (χ2n) is 5.41. The maximum atomic E-state index is 12.6. The van der Waals surface area contributed by atoms with Crippen LogP contribution in [0.3, 0.4) is 0 Å². The van der Waals surface area contributed by atoms with Crippen LogP contribution in [0.5, 0.6) is 11.5 Å². The van der Waals surface area contributed by atoms with Gasteiger partial charge in [-0.25, -0.2) is 4.68 Å². The number of ketones is 1. The van der Waals surface area contributed by atoms with Crippen molar-refractivity contribution >= 4 is 15.9 Å². The van der Waals surface area contributed by atoms with Crippen molar-refractivity contribution in [3.63, 3.8) is 0 Å². The summed E-state index contributed by atoms with van der Waals surface area (Å²) in [6.07, 6.45) is 2.54. The Labute approximate surface area is 150 Å². The van der Waals surface area contributed by atoms with Gasteiger partial charge in [0.2, 0.25) is 0 Å². The predicted molar refractivity (Wildman–Crippen MR) is 94.4 cm³/mol. The number of methoxy groups -OCH3 is 1. The van der Waals surface area contributed by atoms with Gasteiger partial charge in [-0.1, -0.05) is 18.2 Å². The first kappa shape index (κ1) is 17.7. The van der Waals surface area contributed by atoms with Crippen LogP contribution >= 0.6 is 0 Å². The van der Waals surface area contributed by atoms with Gasteiger partial charge in [0.1, 0.15) is 10.6 Å². The zero-order valence-electron chi connectivity index (χ0n) is 14.1. The molecule has 0 amide bonds. The number of hydrogen-bond acceptors (Lipinski definition) is 6. The summed E-state index contributed by atoms with van der Waals surface area (Å²) >= 11 is 0. The van der Waals surface area contributed by atoms with Crippen molar-refractivity contribution in [3.8, 4) is 17.2 Å². The monoisotopic (exact) mass is 372 g/mol. The molecule has 0 atom stereocenters. The van der Waals surface area contributed by atoms with E-state index in [1.165, 1.54) is 43.2 Å². The lowest BCUT2D eigenvalue weighted by atomic mass is 10.1. The predicted octanol–water partition coefficient (Wildman–Crippen LogP) is 2.85. The van der Waals surface area contributed by atoms with Crippen molar-refractivity contribution in [1.82, 2.24) is 9.78 Å². The van der Waals surface area contributed by atoms with Crippen LogP contribution in [0, 0.1) is 0 Å². The summed E-state index contributed by atoms with van der Waals surface area (Å²) in [5, 5.41) is 4.05. The summed E-state index contributed by atoms with van der Waals surface area (Å²) in [6, 6.07) is 13.4. The molecule has 26 heavy (non-hydrogen) atoms. The lowest BCUT2D eigenvalue weighted by Gasteiger charge is -2.10. The van der Waals surface area contributed by atoms with Crippen LogP contribution in [0.2, 0.25) is 0 Å². The van der Waals surface area contributed by atoms with Gasteiger partial charge in [0.15, 0.2) is 11.5 Å². The third-order valence-corrected chi connectivity index (χ3v) is 4.82. The summed E-state index contributed by atoms with van der Waals surface area (Å²) in [6.45, 7) is 1.33. The number of carbonyl (C=O) groups is 1. The molecule has 0 bridgehead atoms. The third-order valence-electron chi connectivity index (χ3n) is 3.64. The average molecular weight is 372 g/mol. The fourth-order valence-electron chi connectivity index (χ4n) is 2.31. The molecule has 2 aromatic carbocycles.